The van der Waals surface area contributed by atoms with Gasteiger partial charge in [0, 0.05) is 132 Å². The standard InChI is InChI=1S/C27H27FN6O3.C27H25FN6O2.C24H23FN6O2/c1-37-16-27(36)8-2-9-33(15-27)18-3-6-23(29-12-18)32-21-5-4-19(20-13-31-26(35)25(20)21)22-14-30-24-11-17(28)7-10-34(22)24;28-16-6-10-33-22(14-30-24(33)11-16)19-2-3-21(25-20(19)13-31-26(25)36)32-23-4-1-17(12-29-23)34-15-18(35)5-7-27(34)8-9-27;1-30-23(14-5-8-33-9-6-14)19(12-28-30)29-18-3-2-16(17-11-27-24(32)22(17)18)20-13-26-21-10-15(25)4-7-31(20)21/h3-7,10-12,14,36H,2,8-9,13,15-16H2,1H3,(H,29,32)(H,31,35);1-4,6,10-12,14,18,35H,5,7-9,13,15H2,(H,29,32)(H,31,36);2-4,7,10,12-14,29H,5-6,8-9,11H2,1H3,(H,27,32)/t27-;;/m1../s1. The SMILES string of the molecule is COC[C@@]1(O)CCCN(c2ccc(Nc3ccc(-c4cnc5cc(F)ccn45)c4c3C(=O)NC4)nc2)C1.Cn1ncc(Nc2ccc(-c3cnc4cc(F)ccn34)c3c2C(=O)NC3)c1C1CCOCC1.O=C1NCc2c(-c3cnc4cc(F)ccn34)ccc(Nc3ccc(N4CC(O)CCC45CC5)cn3)c21. The normalized spacial score (nSPS) is 18.6. The van der Waals surface area contributed by atoms with Gasteiger partial charge in [-0.15, -0.1) is 0 Å². The van der Waals surface area contributed by atoms with Crippen LogP contribution in [0.2, 0.25) is 0 Å². The second kappa shape index (κ2) is 27.4. The van der Waals surface area contributed by atoms with E-state index in [0.717, 1.165) is 144 Å². The lowest BCUT2D eigenvalue weighted by Crippen LogP contribution is -2.51. The molecule has 4 fully saturated rings. The molecule has 19 rings (SSSR count). The molecule has 3 aromatic carbocycles. The average Bonchev–Trinajstić information content (AvgIpc) is 1.60. The van der Waals surface area contributed by atoms with Crippen LogP contribution in [-0.2, 0) is 36.2 Å². The quantitative estimate of drug-likeness (QED) is 0.0502. The third-order valence-corrected chi connectivity index (χ3v) is 21.4. The van der Waals surface area contributed by atoms with Crippen LogP contribution in [0.3, 0.4) is 0 Å². The number of aryl methyl sites for hydroxylation is 1. The maximum Gasteiger partial charge on any atom is 0.254 e. The fraction of sp³-hybridized carbons (Fsp3) is 0.295. The molecule has 8 N–H and O–H groups in total. The van der Waals surface area contributed by atoms with Crippen LogP contribution in [0, 0.1) is 17.5 Å². The summed E-state index contributed by atoms with van der Waals surface area (Å²) < 4.78 is 59.0. The number of aromatic nitrogens is 10. The number of pyridine rings is 5. The number of anilines is 8. The summed E-state index contributed by atoms with van der Waals surface area (Å²) in [5, 5.41) is 44.3. The average molecular weight is 1430 g/mol. The van der Waals surface area contributed by atoms with Crippen molar-refractivity contribution in [2.75, 3.05) is 72.3 Å². The number of benzene rings is 3. The molecule has 7 aliphatic rings. The zero-order chi connectivity index (χ0) is 72.5. The van der Waals surface area contributed by atoms with E-state index in [1.54, 1.807) is 50.5 Å². The van der Waals surface area contributed by atoms with Crippen LogP contribution in [0.4, 0.5) is 58.9 Å². The predicted octanol–water partition coefficient (Wildman–Crippen LogP) is 11.3. The molecule has 28 heteroatoms. The van der Waals surface area contributed by atoms with Gasteiger partial charge < -0.3 is 61.4 Å². The van der Waals surface area contributed by atoms with Crippen molar-refractivity contribution in [2.45, 2.75) is 94.2 Å². The monoisotopic (exact) mass is 1430 g/mol. The smallest absolute Gasteiger partial charge is 0.254 e. The second-order valence-corrected chi connectivity index (χ2v) is 28.1. The molecule has 9 aromatic heterocycles. The van der Waals surface area contributed by atoms with Crippen molar-refractivity contribution in [3.05, 3.63) is 209 Å². The highest BCUT2D eigenvalue weighted by Gasteiger charge is 2.51. The Morgan fingerprint density at radius 3 is 1.51 bits per heavy atom. The zero-order valence-electron chi connectivity index (χ0n) is 58.0. The number of methoxy groups -OCH3 is 1. The minimum Gasteiger partial charge on any atom is -0.391 e. The number of hydrogen-bond donors (Lipinski definition) is 8. The van der Waals surface area contributed by atoms with Gasteiger partial charge in [-0.3, -0.25) is 32.3 Å². The van der Waals surface area contributed by atoms with Gasteiger partial charge in [-0.1, -0.05) is 18.2 Å². The summed E-state index contributed by atoms with van der Waals surface area (Å²) in [6.07, 6.45) is 22.8. The van der Waals surface area contributed by atoms with Gasteiger partial charge in [0.15, 0.2) is 0 Å². The molecular formula is C78H75F3N18O7. The van der Waals surface area contributed by atoms with Gasteiger partial charge in [-0.25, -0.2) is 38.1 Å². The second-order valence-electron chi connectivity index (χ2n) is 28.1. The lowest BCUT2D eigenvalue weighted by Gasteiger charge is -2.40. The molecule has 0 bridgehead atoms. The first-order chi connectivity index (χ1) is 51.5. The van der Waals surface area contributed by atoms with E-state index in [-0.39, 0.29) is 46.8 Å². The number of aliphatic hydroxyl groups is 2. The van der Waals surface area contributed by atoms with Gasteiger partial charge in [0.2, 0.25) is 0 Å². The summed E-state index contributed by atoms with van der Waals surface area (Å²) in [6, 6.07) is 27.6. The van der Waals surface area contributed by atoms with Crippen LogP contribution in [-0.4, -0.2) is 140 Å². The van der Waals surface area contributed by atoms with Crippen LogP contribution in [0.25, 0.3) is 50.7 Å². The van der Waals surface area contributed by atoms with E-state index in [2.05, 4.69) is 71.7 Å². The van der Waals surface area contributed by atoms with Crippen LogP contribution in [0.1, 0.15) is 111 Å². The number of hydrogen-bond acceptors (Lipinski definition) is 18. The Morgan fingerprint density at radius 1 is 0.566 bits per heavy atom. The first-order valence-corrected chi connectivity index (χ1v) is 35.5. The predicted molar refractivity (Wildman–Crippen MR) is 392 cm³/mol. The van der Waals surface area contributed by atoms with E-state index in [0.29, 0.717) is 108 Å². The van der Waals surface area contributed by atoms with Crippen LogP contribution in [0.5, 0.6) is 0 Å². The Bertz CT molecular complexity index is 5430. The molecule has 540 valence electrons. The molecule has 1 spiro atoms. The van der Waals surface area contributed by atoms with Gasteiger partial charge in [0.25, 0.3) is 17.7 Å². The fourth-order valence-electron chi connectivity index (χ4n) is 16.1. The van der Waals surface area contributed by atoms with E-state index in [4.69, 9.17) is 9.47 Å². The van der Waals surface area contributed by atoms with Crippen molar-refractivity contribution < 1.29 is 47.2 Å². The first kappa shape index (κ1) is 67.5. The number of fused-ring (bicyclic) bond motifs is 6. The summed E-state index contributed by atoms with van der Waals surface area (Å²) in [5.41, 5.74) is 16.3. The third-order valence-electron chi connectivity index (χ3n) is 21.4. The number of carbonyl (C=O) groups is 3. The van der Waals surface area contributed by atoms with Gasteiger partial charge in [0.05, 0.1) is 123 Å². The number of imidazole rings is 3. The number of ether oxygens (including phenoxy) is 2. The summed E-state index contributed by atoms with van der Waals surface area (Å²) in [4.78, 5) is 65.0. The fourth-order valence-corrected chi connectivity index (χ4v) is 16.1. The molecule has 6 aliphatic heterocycles. The maximum atomic E-state index is 13.6. The Labute approximate surface area is 605 Å². The minimum absolute atomic E-state index is 0.120. The molecule has 1 aliphatic carbocycles. The van der Waals surface area contributed by atoms with Crippen molar-refractivity contribution in [3.63, 3.8) is 0 Å². The summed E-state index contributed by atoms with van der Waals surface area (Å²) in [5.74, 6) is 0.135. The third kappa shape index (κ3) is 12.7. The number of carbonyl (C=O) groups excluding carboxylic acids is 3. The molecule has 3 saturated heterocycles. The lowest BCUT2D eigenvalue weighted by molar-refractivity contribution is -0.0393. The first-order valence-electron chi connectivity index (χ1n) is 35.5. The number of nitrogens with one attached hydrogen (secondary N) is 6. The molecule has 0 radical (unpaired) electrons. The van der Waals surface area contributed by atoms with Crippen molar-refractivity contribution in [2.24, 2.45) is 7.05 Å². The summed E-state index contributed by atoms with van der Waals surface area (Å²) in [6.45, 7) is 4.96. The molecule has 106 heavy (non-hydrogen) atoms. The van der Waals surface area contributed by atoms with Crippen LogP contribution in [0.15, 0.2) is 153 Å². The highest BCUT2D eigenvalue weighted by Crippen LogP contribution is 2.50. The number of nitrogens with zero attached hydrogens (tertiary/aromatic N) is 12. The molecule has 3 amide bonds. The highest BCUT2D eigenvalue weighted by molar-refractivity contribution is 6.08. The number of rotatable bonds is 14. The van der Waals surface area contributed by atoms with Gasteiger partial charge in [0.1, 0.15) is 51.6 Å². The summed E-state index contributed by atoms with van der Waals surface area (Å²) >= 11 is 0. The van der Waals surface area contributed by atoms with Gasteiger partial charge >= 0.3 is 0 Å². The Morgan fingerprint density at radius 2 is 1.05 bits per heavy atom. The van der Waals surface area contributed by atoms with Crippen LogP contribution < -0.4 is 41.7 Å². The molecular weight excluding hydrogens is 1360 g/mol. The number of halogens is 3. The van der Waals surface area contributed by atoms with Crippen molar-refractivity contribution >= 4 is 80.4 Å². The van der Waals surface area contributed by atoms with Gasteiger partial charge in [-0.2, -0.15) is 5.10 Å². The summed E-state index contributed by atoms with van der Waals surface area (Å²) in [7, 11) is 3.55. The van der Waals surface area contributed by atoms with E-state index in [1.807, 2.05) is 98.0 Å². The molecule has 1 saturated carbocycles. The topological polar surface area (TPSA) is 284 Å². The Balaban J connectivity index is 0.000000117. The minimum atomic E-state index is -0.866. The molecule has 25 nitrogen and oxygen atoms in total. The Kier molecular flexibility index (Phi) is 17.4. The van der Waals surface area contributed by atoms with E-state index in [1.165, 1.54) is 36.4 Å². The van der Waals surface area contributed by atoms with E-state index in [9.17, 15) is 37.8 Å². The molecule has 12 aromatic rings. The van der Waals surface area contributed by atoms with E-state index >= 15 is 0 Å². The molecule has 1 unspecified atom stereocenters. The number of β-amino-alcohol motifs (C(OH)–C–C–N with tert-alkyl or cyclic N) is 2. The molecule has 2 atom stereocenters. The lowest BCUT2D eigenvalue weighted by atomic mass is 9.93. The van der Waals surface area contributed by atoms with Crippen molar-refractivity contribution in [1.29, 1.82) is 0 Å². The zero-order valence-corrected chi connectivity index (χ0v) is 58.0. The Hall–Kier alpha value is -11.7. The number of amides is 3. The highest BCUT2D eigenvalue weighted by atomic mass is 19.1. The van der Waals surface area contributed by atoms with Crippen molar-refractivity contribution in [1.82, 2.24) is 63.9 Å². The van der Waals surface area contributed by atoms with Gasteiger partial charge in [-0.05, 0) is 129 Å². The van der Waals surface area contributed by atoms with Crippen LogP contribution >= 0.6 is 0 Å². The van der Waals surface area contributed by atoms with E-state index < -0.39 is 5.60 Å². The maximum absolute atomic E-state index is 13.6. The number of aliphatic hydroxyl groups excluding tert-OH is 1. The molecule has 15 heterocycles. The van der Waals surface area contributed by atoms with Crippen molar-refractivity contribution in [3.8, 4) is 33.8 Å². The number of piperidine rings is 2. The largest absolute Gasteiger partial charge is 0.391 e.